The van der Waals surface area contributed by atoms with Gasteiger partial charge in [0.25, 0.3) is 0 Å². The maximum atomic E-state index is 12.1. The number of nitrogens with zero attached hydrogens (tertiary/aromatic N) is 1. The molecule has 1 amide bonds. The van der Waals surface area contributed by atoms with Crippen LogP contribution in [0.25, 0.3) is 0 Å². The Balaban J connectivity index is 2.52. The van der Waals surface area contributed by atoms with Gasteiger partial charge in [-0.3, -0.25) is 9.59 Å². The molecule has 116 valence electrons. The van der Waals surface area contributed by atoms with Gasteiger partial charge in [0, 0.05) is 46.1 Å². The maximum absolute atomic E-state index is 12.1. The van der Waals surface area contributed by atoms with Crippen LogP contribution in [-0.4, -0.2) is 59.4 Å². The van der Waals surface area contributed by atoms with E-state index in [2.05, 4.69) is 0 Å². The summed E-state index contributed by atoms with van der Waals surface area (Å²) in [6.07, 6.45) is 1.14. The van der Waals surface area contributed by atoms with E-state index in [4.69, 9.17) is 9.84 Å². The van der Waals surface area contributed by atoms with Crippen molar-refractivity contribution in [3.8, 4) is 0 Å². The first-order valence-corrected chi connectivity index (χ1v) is 6.89. The van der Waals surface area contributed by atoms with E-state index in [1.165, 1.54) is 4.90 Å². The van der Waals surface area contributed by atoms with Gasteiger partial charge >= 0.3 is 5.97 Å². The Labute approximate surface area is 119 Å². The van der Waals surface area contributed by atoms with E-state index >= 15 is 0 Å². The lowest BCUT2D eigenvalue weighted by atomic mass is 9.85. The second kappa shape index (κ2) is 6.54. The molecule has 0 bridgehead atoms. The summed E-state index contributed by atoms with van der Waals surface area (Å²) in [4.78, 5) is 24.4. The van der Waals surface area contributed by atoms with E-state index < -0.39 is 17.0 Å². The number of ether oxygens (including phenoxy) is 1. The third-order valence-electron chi connectivity index (χ3n) is 3.64. The second-order valence-electron chi connectivity index (χ2n) is 6.50. The van der Waals surface area contributed by atoms with E-state index in [1.54, 1.807) is 20.9 Å². The van der Waals surface area contributed by atoms with Gasteiger partial charge in [0.15, 0.2) is 0 Å². The van der Waals surface area contributed by atoms with Crippen molar-refractivity contribution in [1.29, 1.82) is 0 Å². The van der Waals surface area contributed by atoms with Crippen molar-refractivity contribution in [1.82, 2.24) is 4.90 Å². The molecule has 0 aromatic carbocycles. The summed E-state index contributed by atoms with van der Waals surface area (Å²) in [5.74, 6) is -1.05. The number of aliphatic carboxylic acids is 1. The molecular formula is C14H25NO5. The van der Waals surface area contributed by atoms with Gasteiger partial charge < -0.3 is 19.8 Å². The van der Waals surface area contributed by atoms with Gasteiger partial charge in [0.1, 0.15) is 0 Å². The van der Waals surface area contributed by atoms with E-state index in [0.29, 0.717) is 26.1 Å². The molecule has 6 nitrogen and oxygen atoms in total. The Kier molecular flexibility index (Phi) is 5.53. The zero-order chi connectivity index (χ0) is 15.4. The summed E-state index contributed by atoms with van der Waals surface area (Å²) in [5, 5.41) is 19.2. The molecule has 0 radical (unpaired) electrons. The molecule has 0 aromatic rings. The fraction of sp³-hybridized carbons (Fsp3) is 0.857. The van der Waals surface area contributed by atoms with Crippen molar-refractivity contribution >= 4 is 11.9 Å². The lowest BCUT2D eigenvalue weighted by Gasteiger charge is -2.36. The molecule has 1 rings (SSSR count). The van der Waals surface area contributed by atoms with E-state index in [0.717, 1.165) is 0 Å². The Hall–Kier alpha value is -1.14. The first-order chi connectivity index (χ1) is 9.14. The predicted octanol–water partition coefficient (Wildman–Crippen LogP) is 0.877. The molecule has 2 N–H and O–H groups in total. The number of likely N-dealkylation sites (N-methyl/N-ethyl adjacent to an activating group) is 1. The highest BCUT2D eigenvalue weighted by molar-refractivity contribution is 5.78. The van der Waals surface area contributed by atoms with Crippen LogP contribution in [-0.2, 0) is 14.3 Å². The number of hydrogen-bond acceptors (Lipinski definition) is 4. The SMILES string of the molecule is CN(CC1(O)CCOCC1)C(=O)CC(C)(C)CC(=O)O. The van der Waals surface area contributed by atoms with Crippen molar-refractivity contribution in [2.75, 3.05) is 26.8 Å². The molecule has 0 spiro atoms. The Morgan fingerprint density at radius 2 is 1.80 bits per heavy atom. The van der Waals surface area contributed by atoms with E-state index in [9.17, 15) is 14.7 Å². The van der Waals surface area contributed by atoms with E-state index in [1.807, 2.05) is 0 Å². The van der Waals surface area contributed by atoms with Crippen LogP contribution in [0.4, 0.5) is 0 Å². The van der Waals surface area contributed by atoms with Gasteiger partial charge in [-0.1, -0.05) is 13.8 Å². The van der Waals surface area contributed by atoms with Gasteiger partial charge in [0.05, 0.1) is 12.0 Å². The molecule has 1 aliphatic heterocycles. The molecule has 0 atom stereocenters. The van der Waals surface area contributed by atoms with Crippen LogP contribution >= 0.6 is 0 Å². The van der Waals surface area contributed by atoms with Crippen molar-refractivity contribution < 1.29 is 24.5 Å². The van der Waals surface area contributed by atoms with Crippen LogP contribution in [0, 0.1) is 5.41 Å². The zero-order valence-corrected chi connectivity index (χ0v) is 12.5. The molecule has 1 aliphatic rings. The van der Waals surface area contributed by atoms with Gasteiger partial charge in [-0.15, -0.1) is 0 Å². The van der Waals surface area contributed by atoms with Crippen LogP contribution < -0.4 is 0 Å². The maximum Gasteiger partial charge on any atom is 0.303 e. The lowest BCUT2D eigenvalue weighted by Crippen LogP contribution is -2.48. The highest BCUT2D eigenvalue weighted by Crippen LogP contribution is 2.27. The van der Waals surface area contributed by atoms with Crippen molar-refractivity contribution in [3.05, 3.63) is 0 Å². The number of carbonyl (C=O) groups excluding carboxylic acids is 1. The van der Waals surface area contributed by atoms with Crippen molar-refractivity contribution in [2.45, 2.75) is 45.1 Å². The monoisotopic (exact) mass is 287 g/mol. The summed E-state index contributed by atoms with van der Waals surface area (Å²) in [5.41, 5.74) is -1.48. The summed E-state index contributed by atoms with van der Waals surface area (Å²) < 4.78 is 5.20. The molecule has 0 saturated carbocycles. The van der Waals surface area contributed by atoms with Gasteiger partial charge in [-0.05, 0) is 5.41 Å². The summed E-state index contributed by atoms with van der Waals surface area (Å²) in [6, 6.07) is 0. The van der Waals surface area contributed by atoms with Crippen LogP contribution in [0.3, 0.4) is 0 Å². The third-order valence-corrected chi connectivity index (χ3v) is 3.64. The highest BCUT2D eigenvalue weighted by Gasteiger charge is 2.34. The molecule has 1 heterocycles. The normalized spacial score (nSPS) is 18.6. The molecular weight excluding hydrogens is 262 g/mol. The second-order valence-corrected chi connectivity index (χ2v) is 6.50. The summed E-state index contributed by atoms with van der Waals surface area (Å²) >= 11 is 0. The van der Waals surface area contributed by atoms with Gasteiger partial charge in [0.2, 0.25) is 5.91 Å². The summed E-state index contributed by atoms with van der Waals surface area (Å²) in [7, 11) is 1.65. The minimum Gasteiger partial charge on any atom is -0.481 e. The topological polar surface area (TPSA) is 87.1 Å². The molecule has 20 heavy (non-hydrogen) atoms. The fourth-order valence-corrected chi connectivity index (χ4v) is 2.46. The molecule has 0 aromatic heterocycles. The number of aliphatic hydroxyl groups is 1. The van der Waals surface area contributed by atoms with Crippen LogP contribution in [0.15, 0.2) is 0 Å². The van der Waals surface area contributed by atoms with Crippen LogP contribution in [0.2, 0.25) is 0 Å². The standard InChI is InChI=1S/C14H25NO5/c1-13(2,9-12(17)18)8-11(16)15(3)10-14(19)4-6-20-7-5-14/h19H,4-10H2,1-3H3,(H,17,18). The van der Waals surface area contributed by atoms with Crippen LogP contribution in [0.1, 0.15) is 39.5 Å². The van der Waals surface area contributed by atoms with Crippen molar-refractivity contribution in [3.63, 3.8) is 0 Å². The highest BCUT2D eigenvalue weighted by atomic mass is 16.5. The Morgan fingerprint density at radius 3 is 2.30 bits per heavy atom. The smallest absolute Gasteiger partial charge is 0.303 e. The molecule has 0 unspecified atom stereocenters. The third kappa shape index (κ3) is 5.46. The van der Waals surface area contributed by atoms with Gasteiger partial charge in [-0.2, -0.15) is 0 Å². The lowest BCUT2D eigenvalue weighted by molar-refractivity contribution is -0.142. The fourth-order valence-electron chi connectivity index (χ4n) is 2.46. The number of carbonyl (C=O) groups is 2. The quantitative estimate of drug-likeness (QED) is 0.757. The number of hydrogen-bond donors (Lipinski definition) is 2. The Morgan fingerprint density at radius 1 is 1.25 bits per heavy atom. The first kappa shape index (κ1) is 16.9. The van der Waals surface area contributed by atoms with E-state index in [-0.39, 0.29) is 25.3 Å². The molecule has 1 saturated heterocycles. The zero-order valence-electron chi connectivity index (χ0n) is 12.5. The number of carboxylic acids is 1. The minimum atomic E-state index is -0.909. The minimum absolute atomic E-state index is 0.0509. The Bertz CT molecular complexity index is 361. The number of carboxylic acid groups (broad SMARTS) is 1. The first-order valence-electron chi connectivity index (χ1n) is 6.89. The van der Waals surface area contributed by atoms with Crippen molar-refractivity contribution in [2.24, 2.45) is 5.41 Å². The largest absolute Gasteiger partial charge is 0.481 e. The molecule has 1 fully saturated rings. The average Bonchev–Trinajstić information content (AvgIpc) is 2.26. The number of amides is 1. The summed E-state index contributed by atoms with van der Waals surface area (Å²) in [6.45, 7) is 4.79. The molecule has 0 aliphatic carbocycles. The number of rotatable bonds is 6. The van der Waals surface area contributed by atoms with Gasteiger partial charge in [-0.25, -0.2) is 0 Å². The average molecular weight is 287 g/mol. The molecule has 6 heteroatoms. The predicted molar refractivity (Wildman–Crippen MR) is 73.3 cm³/mol. The van der Waals surface area contributed by atoms with Crippen LogP contribution in [0.5, 0.6) is 0 Å².